The van der Waals surface area contributed by atoms with Crippen LogP contribution < -0.4 is 19.4 Å². The number of anilines is 3. The second-order valence-electron chi connectivity index (χ2n) is 21.6. The van der Waals surface area contributed by atoms with Crippen LogP contribution in [0.4, 0.5) is 17.1 Å². The van der Waals surface area contributed by atoms with Gasteiger partial charge in [-0.25, -0.2) is 13.7 Å². The number of ether oxygens (including phenoxy) is 2. The van der Waals surface area contributed by atoms with Gasteiger partial charge in [0.05, 0.1) is 6.54 Å². The van der Waals surface area contributed by atoms with Crippen molar-refractivity contribution < 1.29 is 23.2 Å². The van der Waals surface area contributed by atoms with Gasteiger partial charge in [-0.15, -0.1) is 0 Å². The lowest BCUT2D eigenvalue weighted by Gasteiger charge is -2.36. The molecular formula is C63H83N6O2+3. The van der Waals surface area contributed by atoms with E-state index in [1.54, 1.807) is 11.1 Å². The highest BCUT2D eigenvalue weighted by atomic mass is 16.5. The van der Waals surface area contributed by atoms with Gasteiger partial charge < -0.3 is 24.2 Å². The Morgan fingerprint density at radius 2 is 0.915 bits per heavy atom. The number of para-hydroxylation sites is 4. The van der Waals surface area contributed by atoms with E-state index < -0.39 is 0 Å². The molecule has 8 nitrogen and oxygen atoms in total. The normalized spacial score (nSPS) is 21.8. The van der Waals surface area contributed by atoms with Crippen LogP contribution in [0.1, 0.15) is 113 Å². The predicted octanol–water partition coefficient (Wildman–Crippen LogP) is 11.9. The van der Waals surface area contributed by atoms with E-state index in [2.05, 4.69) is 180 Å². The van der Waals surface area contributed by atoms with Crippen molar-refractivity contribution in [1.29, 1.82) is 0 Å². The van der Waals surface area contributed by atoms with Gasteiger partial charge in [-0.2, -0.15) is 0 Å². The minimum Gasteiger partial charge on any atom is -0.492 e. The van der Waals surface area contributed by atoms with Gasteiger partial charge in [0.1, 0.15) is 53.8 Å². The third-order valence-electron chi connectivity index (χ3n) is 16.8. The van der Waals surface area contributed by atoms with Gasteiger partial charge in [-0.3, -0.25) is 0 Å². The van der Waals surface area contributed by atoms with Crippen molar-refractivity contribution >= 4 is 35.7 Å². The Morgan fingerprint density at radius 1 is 0.507 bits per heavy atom. The molecule has 4 heterocycles. The first-order valence-electron chi connectivity index (χ1n) is 27.2. The molecule has 3 saturated carbocycles. The molecule has 4 aromatic rings. The van der Waals surface area contributed by atoms with E-state index in [4.69, 9.17) is 9.47 Å². The zero-order valence-corrected chi connectivity index (χ0v) is 44.1. The van der Waals surface area contributed by atoms with Crippen molar-refractivity contribution in [2.24, 2.45) is 0 Å². The number of nitrogens with zero attached hydrogens (tertiary/aromatic N) is 6. The molecule has 0 atom stereocenters. The number of fused-ring (bicyclic) bond motifs is 6. The van der Waals surface area contributed by atoms with E-state index in [0.717, 1.165) is 38.6 Å². The standard InChI is InChI=1S/C25H31N2O.C20H27N2O.C18H25N2/c1-26(2)18-15-24-25(16-9-4-10-17-25)22-13-7-8-14-23(22)27(24)19-20-28-21-11-5-3-6-12-21;1-21-18-8-4-3-7-17(18)20(10-5-2-6-11-20)19(21)9-12-22-13-15-23-16-14-22;1-19(2)14-11-17-18(12-7-4-8-13-18)15-9-5-6-10-16(15)20(17)3/h3,5-8,11-15,18H,4,9-10,16-17,19-20H2,1-2H3;3-4,7-9,12H,2,5-6,10-11,13-16H2,1H3;5-6,9-11,14H,4,7-8,12-13H2,1-3H3/q3*+1. The number of benzene rings is 4. The number of hydrogen-bond acceptors (Lipinski definition) is 5. The summed E-state index contributed by atoms with van der Waals surface area (Å²) in [4.78, 5) is 7.34. The monoisotopic (exact) mass is 956 g/mol. The summed E-state index contributed by atoms with van der Waals surface area (Å²) in [6, 6.07) is 37.1. The van der Waals surface area contributed by atoms with E-state index in [-0.39, 0.29) is 16.2 Å². The molecule has 0 radical (unpaired) electrons. The first kappa shape index (κ1) is 50.2. The number of hydrogen-bond donors (Lipinski definition) is 0. The van der Waals surface area contributed by atoms with Gasteiger partial charge in [0.25, 0.3) is 0 Å². The summed E-state index contributed by atoms with van der Waals surface area (Å²) >= 11 is 0. The van der Waals surface area contributed by atoms with E-state index in [9.17, 15) is 0 Å². The average molecular weight is 956 g/mol. The second kappa shape index (κ2) is 22.8. The molecule has 0 bridgehead atoms. The number of morpholine rings is 1. The Labute approximate surface area is 427 Å². The van der Waals surface area contributed by atoms with Gasteiger partial charge in [0.2, 0.25) is 0 Å². The summed E-state index contributed by atoms with van der Waals surface area (Å²) in [5.41, 5.74) is 13.8. The van der Waals surface area contributed by atoms with Crippen LogP contribution >= 0.6 is 0 Å². The summed E-state index contributed by atoms with van der Waals surface area (Å²) in [6.45, 7) is 5.25. The first-order chi connectivity index (χ1) is 34.7. The smallest absolute Gasteiger partial charge is 0.166 e. The van der Waals surface area contributed by atoms with Crippen LogP contribution in [0.5, 0.6) is 5.75 Å². The fourth-order valence-electron chi connectivity index (χ4n) is 13.3. The van der Waals surface area contributed by atoms with E-state index in [1.807, 2.05) is 30.3 Å². The minimum atomic E-state index is 0.161. The van der Waals surface area contributed by atoms with Crippen molar-refractivity contribution in [3.8, 4) is 5.75 Å². The Balaban J connectivity index is 0.000000134. The molecule has 0 amide bonds. The average Bonchev–Trinajstić information content (AvgIpc) is 3.88. The highest BCUT2D eigenvalue weighted by molar-refractivity contribution is 5.80. The van der Waals surface area contributed by atoms with E-state index in [0.29, 0.717) is 6.61 Å². The molecule has 7 aliphatic rings. The molecule has 3 aliphatic carbocycles. The third kappa shape index (κ3) is 10.5. The Bertz CT molecular complexity index is 2620. The lowest BCUT2D eigenvalue weighted by Crippen LogP contribution is -2.35. The highest BCUT2D eigenvalue weighted by Crippen LogP contribution is 2.57. The van der Waals surface area contributed by atoms with E-state index >= 15 is 0 Å². The molecule has 71 heavy (non-hydrogen) atoms. The fourth-order valence-corrected chi connectivity index (χ4v) is 13.3. The van der Waals surface area contributed by atoms with Gasteiger partial charge in [-0.05, 0) is 85.5 Å². The molecule has 8 heteroatoms. The summed E-state index contributed by atoms with van der Waals surface area (Å²) in [5, 5.41) is 0. The van der Waals surface area contributed by atoms with Crippen molar-refractivity contribution in [2.75, 3.05) is 96.4 Å². The van der Waals surface area contributed by atoms with Crippen LogP contribution in [-0.2, 0) is 21.0 Å². The minimum absolute atomic E-state index is 0.161. The number of rotatable bonds is 7. The van der Waals surface area contributed by atoms with Crippen LogP contribution in [-0.4, -0.2) is 114 Å². The highest BCUT2D eigenvalue weighted by Gasteiger charge is 2.49. The quantitative estimate of drug-likeness (QED) is 0.136. The maximum Gasteiger partial charge on any atom is 0.166 e. The van der Waals surface area contributed by atoms with Crippen LogP contribution in [0.3, 0.4) is 0 Å². The van der Waals surface area contributed by atoms with Gasteiger partial charge in [0.15, 0.2) is 31.7 Å². The lowest BCUT2D eigenvalue weighted by atomic mass is 9.68. The topological polar surface area (TPSA) is 37.2 Å². The van der Waals surface area contributed by atoms with Crippen LogP contribution in [0.2, 0.25) is 0 Å². The zero-order valence-electron chi connectivity index (χ0n) is 44.1. The third-order valence-corrected chi connectivity index (χ3v) is 16.8. The summed E-state index contributed by atoms with van der Waals surface area (Å²) in [5.74, 6) is 0.938. The molecule has 1 saturated heterocycles. The van der Waals surface area contributed by atoms with Crippen LogP contribution in [0.25, 0.3) is 0 Å². The van der Waals surface area contributed by atoms with E-state index in [1.165, 1.54) is 136 Å². The van der Waals surface area contributed by atoms with Crippen LogP contribution in [0, 0.1) is 0 Å². The molecule has 4 aliphatic heterocycles. The molecule has 0 aromatic heterocycles. The Kier molecular flexibility index (Phi) is 16.1. The number of likely N-dealkylation sites (N-methyl/N-ethyl adjacent to an activating group) is 2. The molecule has 11 rings (SSSR count). The Morgan fingerprint density at radius 3 is 1.41 bits per heavy atom. The van der Waals surface area contributed by atoms with Crippen molar-refractivity contribution in [1.82, 2.24) is 0 Å². The van der Waals surface area contributed by atoms with Gasteiger partial charge >= 0.3 is 0 Å². The maximum absolute atomic E-state index is 6.04. The first-order valence-corrected chi connectivity index (χ1v) is 27.2. The summed E-state index contributed by atoms with van der Waals surface area (Å²) < 4.78 is 18.2. The number of allylic oxidation sites excluding steroid dienone is 6. The molecule has 3 spiro atoms. The fraction of sp³-hybridized carbons (Fsp3) is 0.476. The molecule has 374 valence electrons. The molecule has 4 fully saturated rings. The lowest BCUT2D eigenvalue weighted by molar-refractivity contribution is -0.544. The Hall–Kier alpha value is -5.73. The van der Waals surface area contributed by atoms with Gasteiger partial charge in [-0.1, -0.05) is 131 Å². The maximum atomic E-state index is 6.04. The summed E-state index contributed by atoms with van der Waals surface area (Å²) in [7, 11) is 12.8. The van der Waals surface area contributed by atoms with Crippen molar-refractivity contribution in [3.05, 3.63) is 155 Å². The van der Waals surface area contributed by atoms with Crippen molar-refractivity contribution in [2.45, 2.75) is 113 Å². The largest absolute Gasteiger partial charge is 0.492 e. The molecular weight excluding hydrogens is 873 g/mol. The zero-order chi connectivity index (χ0) is 49.3. The molecule has 0 N–H and O–H groups in total. The second-order valence-corrected chi connectivity index (χ2v) is 21.6. The van der Waals surface area contributed by atoms with Crippen LogP contribution in [0.15, 0.2) is 138 Å². The predicted molar refractivity (Wildman–Crippen MR) is 297 cm³/mol. The van der Waals surface area contributed by atoms with Crippen molar-refractivity contribution in [3.63, 3.8) is 0 Å². The summed E-state index contributed by atoms with van der Waals surface area (Å²) in [6.07, 6.45) is 33.5. The molecule has 4 aromatic carbocycles. The SMILES string of the molecule is CN1C(=CC=[N+](C)C)C2(CCCCC2)c2ccccc21.CN1C(=CC=[N+]2CCOCC2)C2(CCCCC2)c2ccccc21.C[N+](C)=CC=C1N(CCOc2ccccc2)c2ccccc2C12CCCCC2. The molecule has 0 unspecified atom stereocenters. The van der Waals surface area contributed by atoms with Gasteiger partial charge in [0, 0.05) is 82.7 Å².